The van der Waals surface area contributed by atoms with Gasteiger partial charge in [0.1, 0.15) is 0 Å². The highest BCUT2D eigenvalue weighted by Crippen LogP contribution is 2.08. The number of carbonyl (C=O) groups excluding carboxylic acids is 2. The minimum atomic E-state index is -0.487. The summed E-state index contributed by atoms with van der Waals surface area (Å²) in [5.74, 6) is -0.305. The van der Waals surface area contributed by atoms with Gasteiger partial charge in [0, 0.05) is 19.0 Å². The summed E-state index contributed by atoms with van der Waals surface area (Å²) in [6.45, 7) is 0.801. The second-order valence-electron chi connectivity index (χ2n) is 5.57. The molecule has 0 saturated heterocycles. The average Bonchev–Trinajstić information content (AvgIpc) is 2.63. The largest absolute Gasteiger partial charge is 0.341 e. The van der Waals surface area contributed by atoms with Crippen molar-refractivity contribution in [2.45, 2.75) is 18.9 Å². The molecule has 0 fully saturated rings. The van der Waals surface area contributed by atoms with Crippen LogP contribution in [-0.2, 0) is 11.2 Å². The molecule has 0 saturated carbocycles. The third-order valence-electron chi connectivity index (χ3n) is 3.82. The Labute approximate surface area is 142 Å². The van der Waals surface area contributed by atoms with Crippen molar-refractivity contribution in [3.05, 3.63) is 71.8 Å². The van der Waals surface area contributed by atoms with E-state index in [1.54, 1.807) is 0 Å². The van der Waals surface area contributed by atoms with Crippen molar-refractivity contribution in [3.8, 4) is 0 Å². The smallest absolute Gasteiger partial charge is 0.321 e. The van der Waals surface area contributed by atoms with Gasteiger partial charge in [-0.05, 0) is 12.0 Å². The lowest BCUT2D eigenvalue weighted by atomic mass is 10.1. The van der Waals surface area contributed by atoms with Gasteiger partial charge in [-0.2, -0.15) is 0 Å². The molecular formula is C19H24N3O2+. The van der Waals surface area contributed by atoms with Crippen molar-refractivity contribution in [2.24, 2.45) is 0 Å². The van der Waals surface area contributed by atoms with Gasteiger partial charge < -0.3 is 10.6 Å². The van der Waals surface area contributed by atoms with Crippen LogP contribution in [0.4, 0.5) is 4.79 Å². The van der Waals surface area contributed by atoms with Crippen molar-refractivity contribution >= 4 is 11.9 Å². The number of rotatable bonds is 7. The molecule has 5 nitrogen and oxygen atoms in total. The summed E-state index contributed by atoms with van der Waals surface area (Å²) in [5.41, 5.74) is 2.18. The molecule has 0 radical (unpaired) electrons. The lowest BCUT2D eigenvalue weighted by molar-refractivity contribution is -0.683. The van der Waals surface area contributed by atoms with Gasteiger partial charge in [-0.25, -0.2) is 4.79 Å². The van der Waals surface area contributed by atoms with E-state index in [1.165, 1.54) is 12.6 Å². The predicted molar refractivity (Wildman–Crippen MR) is 93.3 cm³/mol. The zero-order chi connectivity index (χ0) is 17.2. The van der Waals surface area contributed by atoms with Gasteiger partial charge in [0.05, 0.1) is 6.54 Å². The maximum Gasteiger partial charge on any atom is 0.321 e. The number of amides is 3. The number of hydrogen-bond acceptors (Lipinski definition) is 2. The van der Waals surface area contributed by atoms with E-state index in [0.29, 0.717) is 0 Å². The highest BCUT2D eigenvalue weighted by atomic mass is 16.2. The standard InChI is InChI=1S/C19H23N3O2/c1-20-19(24)22-18(23)17(16-12-6-3-7-13-16)21-14-8-11-15-9-4-2-5-10-15/h2-7,9-10,12-13,17,21H,8,11,14H2,1H3,(H2,20,22,23,24)/p+1/t17-/m1/s1. The van der Waals surface area contributed by atoms with E-state index in [-0.39, 0.29) is 5.91 Å². The predicted octanol–water partition coefficient (Wildman–Crippen LogP) is 1.38. The fourth-order valence-electron chi connectivity index (χ4n) is 2.54. The molecule has 5 heteroatoms. The number of urea groups is 1. The third kappa shape index (κ3) is 5.52. The molecule has 0 heterocycles. The Morgan fingerprint density at radius 2 is 1.62 bits per heavy atom. The number of nitrogens with two attached hydrogens (primary N) is 1. The van der Waals surface area contributed by atoms with E-state index in [2.05, 4.69) is 22.8 Å². The quantitative estimate of drug-likeness (QED) is 0.673. The molecule has 126 valence electrons. The number of carbonyl (C=O) groups is 2. The highest BCUT2D eigenvalue weighted by Gasteiger charge is 2.24. The van der Waals surface area contributed by atoms with Crippen molar-refractivity contribution in [2.75, 3.05) is 13.6 Å². The van der Waals surface area contributed by atoms with E-state index in [4.69, 9.17) is 0 Å². The van der Waals surface area contributed by atoms with Crippen molar-refractivity contribution < 1.29 is 14.9 Å². The first kappa shape index (κ1) is 17.7. The van der Waals surface area contributed by atoms with Crippen LogP contribution in [0, 0.1) is 0 Å². The average molecular weight is 326 g/mol. The Morgan fingerprint density at radius 3 is 2.25 bits per heavy atom. The SMILES string of the molecule is CNC(=O)NC(=O)[C@H]([NH2+]CCCc1ccccc1)c1ccccc1. The van der Waals surface area contributed by atoms with Crippen LogP contribution in [0.2, 0.25) is 0 Å². The van der Waals surface area contributed by atoms with E-state index < -0.39 is 12.1 Å². The van der Waals surface area contributed by atoms with Gasteiger partial charge >= 0.3 is 6.03 Å². The Bertz CT molecular complexity index is 644. The maximum atomic E-state index is 12.4. The molecule has 0 unspecified atom stereocenters. The van der Waals surface area contributed by atoms with Crippen LogP contribution in [0.5, 0.6) is 0 Å². The Kier molecular flexibility index (Phi) is 6.98. The molecular weight excluding hydrogens is 302 g/mol. The second kappa shape index (κ2) is 9.47. The second-order valence-corrected chi connectivity index (χ2v) is 5.57. The van der Waals surface area contributed by atoms with E-state index in [9.17, 15) is 9.59 Å². The fraction of sp³-hybridized carbons (Fsp3) is 0.263. The molecule has 1 atom stereocenters. The number of hydrogen-bond donors (Lipinski definition) is 3. The Balaban J connectivity index is 1.93. The van der Waals surface area contributed by atoms with Gasteiger partial charge in [-0.3, -0.25) is 10.1 Å². The van der Waals surface area contributed by atoms with E-state index >= 15 is 0 Å². The van der Waals surface area contributed by atoms with Crippen molar-refractivity contribution in [1.82, 2.24) is 10.6 Å². The minimum absolute atomic E-state index is 0.305. The van der Waals surface area contributed by atoms with Gasteiger partial charge in [0.15, 0.2) is 6.04 Å². The first-order valence-electron chi connectivity index (χ1n) is 8.15. The van der Waals surface area contributed by atoms with Gasteiger partial charge in [-0.15, -0.1) is 0 Å². The molecule has 0 bridgehead atoms. The van der Waals surface area contributed by atoms with Crippen LogP contribution in [-0.4, -0.2) is 25.5 Å². The first-order valence-corrected chi connectivity index (χ1v) is 8.15. The lowest BCUT2D eigenvalue weighted by Gasteiger charge is -2.15. The summed E-state index contributed by atoms with van der Waals surface area (Å²) in [6.07, 6.45) is 1.93. The molecule has 0 aromatic heterocycles. The van der Waals surface area contributed by atoms with Crippen LogP contribution in [0.3, 0.4) is 0 Å². The van der Waals surface area contributed by atoms with Crippen LogP contribution in [0.1, 0.15) is 23.6 Å². The zero-order valence-electron chi connectivity index (χ0n) is 13.9. The topological polar surface area (TPSA) is 74.8 Å². The number of benzene rings is 2. The number of quaternary nitrogens is 1. The van der Waals surface area contributed by atoms with Gasteiger partial charge in [0.2, 0.25) is 0 Å². The van der Waals surface area contributed by atoms with Crippen molar-refractivity contribution in [3.63, 3.8) is 0 Å². The number of imide groups is 1. The normalized spacial score (nSPS) is 11.5. The van der Waals surface area contributed by atoms with Gasteiger partial charge in [-0.1, -0.05) is 60.7 Å². The fourth-order valence-corrected chi connectivity index (χ4v) is 2.54. The number of aryl methyl sites for hydroxylation is 1. The zero-order valence-corrected chi connectivity index (χ0v) is 13.9. The molecule has 2 rings (SSSR count). The summed E-state index contributed by atoms with van der Waals surface area (Å²) in [4.78, 5) is 23.8. The van der Waals surface area contributed by atoms with Crippen molar-refractivity contribution in [1.29, 1.82) is 0 Å². The van der Waals surface area contributed by atoms with Crippen LogP contribution in [0.15, 0.2) is 60.7 Å². The monoisotopic (exact) mass is 326 g/mol. The molecule has 0 spiro atoms. The van der Waals surface area contributed by atoms with Gasteiger partial charge in [0.25, 0.3) is 5.91 Å². The third-order valence-corrected chi connectivity index (χ3v) is 3.82. The Morgan fingerprint density at radius 1 is 1.00 bits per heavy atom. The van der Waals surface area contributed by atoms with Crippen LogP contribution < -0.4 is 16.0 Å². The van der Waals surface area contributed by atoms with E-state index in [1.807, 2.05) is 53.8 Å². The molecule has 2 aromatic carbocycles. The molecule has 4 N–H and O–H groups in total. The molecule has 0 aliphatic carbocycles. The summed E-state index contributed by atoms with van der Waals surface area (Å²) in [5, 5.41) is 6.76. The molecule has 0 aliphatic rings. The highest BCUT2D eigenvalue weighted by molar-refractivity contribution is 5.96. The molecule has 24 heavy (non-hydrogen) atoms. The van der Waals surface area contributed by atoms with E-state index in [0.717, 1.165) is 24.9 Å². The summed E-state index contributed by atoms with van der Waals surface area (Å²) in [6, 6.07) is 18.9. The molecule has 2 aromatic rings. The molecule has 0 aliphatic heterocycles. The van der Waals surface area contributed by atoms with Crippen LogP contribution >= 0.6 is 0 Å². The Hall–Kier alpha value is -2.66. The lowest BCUT2D eigenvalue weighted by Crippen LogP contribution is -2.88. The maximum absolute atomic E-state index is 12.4. The summed E-state index contributed by atoms with van der Waals surface area (Å²) < 4.78 is 0. The molecule has 3 amide bonds. The number of nitrogens with one attached hydrogen (secondary N) is 2. The van der Waals surface area contributed by atoms with Crippen LogP contribution in [0.25, 0.3) is 0 Å². The first-order chi connectivity index (χ1) is 11.7. The summed E-state index contributed by atoms with van der Waals surface area (Å²) >= 11 is 0. The minimum Gasteiger partial charge on any atom is -0.341 e. The summed E-state index contributed by atoms with van der Waals surface area (Å²) in [7, 11) is 1.49.